The number of benzene rings is 1. The van der Waals surface area contributed by atoms with Crippen molar-refractivity contribution >= 4 is 11.6 Å². The molecule has 1 N–H and O–H groups in total. The molecular weight excluding hydrogens is 276 g/mol. The lowest BCUT2D eigenvalue weighted by atomic mass is 10.1. The molecule has 0 radical (unpaired) electrons. The lowest BCUT2D eigenvalue weighted by Gasteiger charge is -2.33. The van der Waals surface area contributed by atoms with Crippen LogP contribution in [0.4, 0.5) is 11.6 Å². The highest BCUT2D eigenvalue weighted by atomic mass is 16.5. The second-order valence-electron chi connectivity index (χ2n) is 5.77. The second-order valence-corrected chi connectivity index (χ2v) is 5.77. The minimum atomic E-state index is 0.171. The van der Waals surface area contributed by atoms with Crippen LogP contribution in [0, 0.1) is 0 Å². The predicted octanol–water partition coefficient (Wildman–Crippen LogP) is 3.09. The second kappa shape index (κ2) is 6.64. The third kappa shape index (κ3) is 3.67. The van der Waals surface area contributed by atoms with Gasteiger partial charge in [0, 0.05) is 43.8 Å². The minimum Gasteiger partial charge on any atom is -0.491 e. The maximum Gasteiger partial charge on any atom is 0.222 e. The van der Waals surface area contributed by atoms with Crippen molar-refractivity contribution in [3.05, 3.63) is 42.2 Å². The number of ether oxygens (including phenoxy) is 1. The van der Waals surface area contributed by atoms with Crippen LogP contribution in [-0.2, 0) is 6.54 Å². The van der Waals surface area contributed by atoms with Crippen molar-refractivity contribution in [3.8, 4) is 5.75 Å². The molecule has 3 rings (SSSR count). The van der Waals surface area contributed by atoms with E-state index in [1.54, 1.807) is 12.4 Å². The molecule has 1 aliphatic rings. The van der Waals surface area contributed by atoms with Crippen LogP contribution in [0.25, 0.3) is 0 Å². The molecule has 0 saturated carbocycles. The molecule has 0 aliphatic carbocycles. The van der Waals surface area contributed by atoms with Gasteiger partial charge in [-0.05, 0) is 44.0 Å². The van der Waals surface area contributed by atoms with E-state index < -0.39 is 0 Å². The van der Waals surface area contributed by atoms with E-state index in [0.29, 0.717) is 12.5 Å². The van der Waals surface area contributed by atoms with Gasteiger partial charge < -0.3 is 15.0 Å². The van der Waals surface area contributed by atoms with Gasteiger partial charge in [-0.25, -0.2) is 9.97 Å². The first-order valence-electron chi connectivity index (χ1n) is 7.77. The lowest BCUT2D eigenvalue weighted by Crippen LogP contribution is -2.37. The molecule has 116 valence electrons. The zero-order valence-corrected chi connectivity index (χ0v) is 13.1. The number of hydrogen-bond donors (Lipinski definition) is 1. The first-order valence-corrected chi connectivity index (χ1v) is 7.77. The minimum absolute atomic E-state index is 0.171. The molecule has 0 amide bonds. The van der Waals surface area contributed by atoms with E-state index in [9.17, 15) is 0 Å². The standard InChI is InChI=1S/C17H22N4O/c1-13(2)22-16-10-14(9-15(11-16)21-7-4-8-21)12-20-17-18-5-3-6-19-17/h3,5-6,9-11,13H,4,7-8,12H2,1-2H3,(H,18,19,20). The lowest BCUT2D eigenvalue weighted by molar-refractivity contribution is 0.242. The molecule has 0 bridgehead atoms. The Morgan fingerprint density at radius 2 is 1.95 bits per heavy atom. The van der Waals surface area contributed by atoms with Crippen LogP contribution in [0.15, 0.2) is 36.7 Å². The molecule has 0 atom stereocenters. The summed E-state index contributed by atoms with van der Waals surface area (Å²) >= 11 is 0. The molecule has 2 heterocycles. The number of rotatable bonds is 6. The van der Waals surface area contributed by atoms with Gasteiger partial charge in [0.05, 0.1) is 6.10 Å². The fraction of sp³-hybridized carbons (Fsp3) is 0.412. The normalized spacial score (nSPS) is 13.9. The van der Waals surface area contributed by atoms with Gasteiger partial charge in [0.2, 0.25) is 5.95 Å². The summed E-state index contributed by atoms with van der Waals surface area (Å²) in [6.45, 7) is 7.03. The van der Waals surface area contributed by atoms with Crippen molar-refractivity contribution in [3.63, 3.8) is 0 Å². The third-order valence-corrected chi connectivity index (χ3v) is 3.56. The van der Waals surface area contributed by atoms with Gasteiger partial charge in [-0.1, -0.05) is 0 Å². The van der Waals surface area contributed by atoms with Crippen LogP contribution < -0.4 is 15.0 Å². The average molecular weight is 298 g/mol. The van der Waals surface area contributed by atoms with Crippen molar-refractivity contribution in [2.75, 3.05) is 23.3 Å². The predicted molar refractivity (Wildman–Crippen MR) is 88.4 cm³/mol. The Kier molecular flexibility index (Phi) is 4.42. The van der Waals surface area contributed by atoms with Crippen molar-refractivity contribution in [2.24, 2.45) is 0 Å². The smallest absolute Gasteiger partial charge is 0.222 e. The van der Waals surface area contributed by atoms with E-state index in [1.165, 1.54) is 17.7 Å². The highest BCUT2D eigenvalue weighted by Crippen LogP contribution is 2.28. The van der Waals surface area contributed by atoms with E-state index in [4.69, 9.17) is 4.74 Å². The topological polar surface area (TPSA) is 50.3 Å². The molecule has 0 unspecified atom stereocenters. The van der Waals surface area contributed by atoms with Crippen molar-refractivity contribution in [1.29, 1.82) is 0 Å². The van der Waals surface area contributed by atoms with Gasteiger partial charge in [-0.15, -0.1) is 0 Å². The summed E-state index contributed by atoms with van der Waals surface area (Å²) in [5.74, 6) is 1.56. The summed E-state index contributed by atoms with van der Waals surface area (Å²) in [4.78, 5) is 10.7. The van der Waals surface area contributed by atoms with E-state index in [1.807, 2.05) is 19.9 Å². The summed E-state index contributed by atoms with van der Waals surface area (Å²) < 4.78 is 5.88. The number of hydrogen-bond acceptors (Lipinski definition) is 5. The summed E-state index contributed by atoms with van der Waals surface area (Å²) in [6, 6.07) is 8.23. The van der Waals surface area contributed by atoms with Crippen molar-refractivity contribution in [2.45, 2.75) is 32.9 Å². The molecule has 1 fully saturated rings. The van der Waals surface area contributed by atoms with Crippen LogP contribution >= 0.6 is 0 Å². The molecule has 1 aromatic heterocycles. The molecular formula is C17H22N4O. The molecule has 5 heteroatoms. The van der Waals surface area contributed by atoms with Crippen LogP contribution in [0.5, 0.6) is 5.75 Å². The van der Waals surface area contributed by atoms with Gasteiger partial charge >= 0.3 is 0 Å². The Labute approximate surface area is 131 Å². The Morgan fingerprint density at radius 1 is 1.18 bits per heavy atom. The van der Waals surface area contributed by atoms with Gasteiger partial charge in [-0.3, -0.25) is 0 Å². The quantitative estimate of drug-likeness (QED) is 0.888. The Morgan fingerprint density at radius 3 is 2.59 bits per heavy atom. The van der Waals surface area contributed by atoms with Gasteiger partial charge in [0.25, 0.3) is 0 Å². The molecule has 1 aromatic carbocycles. The summed E-state index contributed by atoms with van der Waals surface area (Å²) in [6.07, 6.45) is 4.91. The van der Waals surface area contributed by atoms with Crippen LogP contribution in [-0.4, -0.2) is 29.2 Å². The van der Waals surface area contributed by atoms with Gasteiger partial charge in [0.1, 0.15) is 5.75 Å². The SMILES string of the molecule is CC(C)Oc1cc(CNc2ncccn2)cc(N2CCC2)c1. The fourth-order valence-electron chi connectivity index (χ4n) is 2.41. The first kappa shape index (κ1) is 14.6. The van der Waals surface area contributed by atoms with E-state index in [0.717, 1.165) is 18.8 Å². The Balaban J connectivity index is 1.76. The number of nitrogens with one attached hydrogen (secondary N) is 1. The van der Waals surface area contributed by atoms with E-state index in [-0.39, 0.29) is 6.10 Å². The zero-order chi connectivity index (χ0) is 15.4. The molecule has 5 nitrogen and oxygen atoms in total. The molecule has 2 aromatic rings. The Bertz CT molecular complexity index is 611. The Hall–Kier alpha value is -2.30. The van der Waals surface area contributed by atoms with Gasteiger partial charge in [-0.2, -0.15) is 0 Å². The zero-order valence-electron chi connectivity index (χ0n) is 13.1. The van der Waals surface area contributed by atoms with Crippen LogP contribution in [0.3, 0.4) is 0 Å². The van der Waals surface area contributed by atoms with Crippen LogP contribution in [0.2, 0.25) is 0 Å². The molecule has 0 spiro atoms. The third-order valence-electron chi connectivity index (χ3n) is 3.56. The summed E-state index contributed by atoms with van der Waals surface area (Å²) in [7, 11) is 0. The number of anilines is 2. The monoisotopic (exact) mass is 298 g/mol. The molecule has 1 aliphatic heterocycles. The fourth-order valence-corrected chi connectivity index (χ4v) is 2.41. The van der Waals surface area contributed by atoms with Crippen molar-refractivity contribution < 1.29 is 4.74 Å². The van der Waals surface area contributed by atoms with Crippen LogP contribution in [0.1, 0.15) is 25.8 Å². The summed E-state index contributed by atoms with van der Waals surface area (Å²) in [5, 5.41) is 3.25. The molecule has 22 heavy (non-hydrogen) atoms. The van der Waals surface area contributed by atoms with E-state index in [2.05, 4.69) is 38.4 Å². The largest absolute Gasteiger partial charge is 0.491 e. The first-order chi connectivity index (χ1) is 10.7. The summed E-state index contributed by atoms with van der Waals surface area (Å²) in [5.41, 5.74) is 2.41. The van der Waals surface area contributed by atoms with Gasteiger partial charge in [0.15, 0.2) is 0 Å². The number of nitrogens with zero attached hydrogens (tertiary/aromatic N) is 3. The highest BCUT2D eigenvalue weighted by molar-refractivity contribution is 5.55. The molecule has 1 saturated heterocycles. The maximum absolute atomic E-state index is 5.88. The average Bonchev–Trinajstić information content (AvgIpc) is 2.43. The van der Waals surface area contributed by atoms with Crippen molar-refractivity contribution in [1.82, 2.24) is 9.97 Å². The maximum atomic E-state index is 5.88. The van der Waals surface area contributed by atoms with E-state index >= 15 is 0 Å². The number of aromatic nitrogens is 2. The highest BCUT2D eigenvalue weighted by Gasteiger charge is 2.16.